The van der Waals surface area contributed by atoms with E-state index < -0.39 is 0 Å². The summed E-state index contributed by atoms with van der Waals surface area (Å²) in [5.74, 6) is 1.41. The molecular weight excluding hydrogens is 406 g/mol. The van der Waals surface area contributed by atoms with E-state index in [1.165, 1.54) is 6.26 Å². The first-order valence-electron chi connectivity index (χ1n) is 10.3. The van der Waals surface area contributed by atoms with Crippen LogP contribution in [0.2, 0.25) is 0 Å². The van der Waals surface area contributed by atoms with E-state index in [0.717, 1.165) is 35.2 Å². The molecule has 160 valence electrons. The minimum Gasteiger partial charge on any atom is -0.463 e. The van der Waals surface area contributed by atoms with Crippen LogP contribution in [0.15, 0.2) is 101 Å². The first-order chi connectivity index (χ1) is 15.8. The molecule has 0 atom stereocenters. The minimum absolute atomic E-state index is 0.204. The van der Waals surface area contributed by atoms with E-state index in [1.54, 1.807) is 12.5 Å². The predicted octanol–water partition coefficient (Wildman–Crippen LogP) is 5.12. The summed E-state index contributed by atoms with van der Waals surface area (Å²) >= 11 is 0. The van der Waals surface area contributed by atoms with Gasteiger partial charge >= 0.3 is 6.01 Å². The monoisotopic (exact) mass is 427 g/mol. The lowest BCUT2D eigenvalue weighted by atomic mass is 10.0. The highest BCUT2D eigenvalue weighted by Gasteiger charge is 2.18. The normalized spacial score (nSPS) is 15.1. The number of nitrogens with one attached hydrogen (secondary N) is 2. The summed E-state index contributed by atoms with van der Waals surface area (Å²) in [7, 11) is 0. The summed E-state index contributed by atoms with van der Waals surface area (Å²) in [4.78, 5) is 4.14. The van der Waals surface area contributed by atoms with E-state index in [4.69, 9.17) is 13.9 Å². The molecule has 0 amide bonds. The Balaban J connectivity index is 1.27. The molecule has 8 heteroatoms. The Kier molecular flexibility index (Phi) is 5.65. The van der Waals surface area contributed by atoms with Gasteiger partial charge in [0.25, 0.3) is 5.89 Å². The van der Waals surface area contributed by atoms with Gasteiger partial charge in [0.1, 0.15) is 6.26 Å². The predicted molar refractivity (Wildman–Crippen MR) is 120 cm³/mol. The smallest absolute Gasteiger partial charge is 0.322 e. The van der Waals surface area contributed by atoms with Crippen LogP contribution in [0, 0.1) is 0 Å². The van der Waals surface area contributed by atoms with Crippen molar-refractivity contribution in [3.05, 3.63) is 102 Å². The lowest BCUT2D eigenvalue weighted by Gasteiger charge is -2.18. The Morgan fingerprint density at radius 1 is 1.03 bits per heavy atom. The third-order valence-electron chi connectivity index (χ3n) is 4.92. The SMILES string of the molecule is C1=CCCC(C2=COC=C(Nc3nnc(-c4ccccc4NCc4cccnc4)o3)O2)=C1. The second-order valence-corrected chi connectivity index (χ2v) is 7.16. The first-order valence-corrected chi connectivity index (χ1v) is 10.3. The molecule has 0 unspecified atom stereocenters. The van der Waals surface area contributed by atoms with Crippen LogP contribution < -0.4 is 10.6 Å². The van der Waals surface area contributed by atoms with E-state index >= 15 is 0 Å². The van der Waals surface area contributed by atoms with Gasteiger partial charge in [0.15, 0.2) is 12.0 Å². The number of hydrogen-bond donors (Lipinski definition) is 2. The molecule has 0 bridgehead atoms. The molecule has 8 nitrogen and oxygen atoms in total. The van der Waals surface area contributed by atoms with Gasteiger partial charge in [-0.05, 0) is 42.2 Å². The lowest BCUT2D eigenvalue weighted by molar-refractivity contribution is 0.232. The fourth-order valence-corrected chi connectivity index (χ4v) is 3.34. The van der Waals surface area contributed by atoms with Crippen LogP contribution in [0.3, 0.4) is 0 Å². The average Bonchev–Trinajstić information content (AvgIpc) is 3.32. The average molecular weight is 427 g/mol. The second kappa shape index (κ2) is 9.22. The van der Waals surface area contributed by atoms with Gasteiger partial charge in [-0.2, -0.15) is 0 Å². The van der Waals surface area contributed by atoms with Crippen molar-refractivity contribution >= 4 is 11.7 Å². The minimum atomic E-state index is 0.204. The highest BCUT2D eigenvalue weighted by molar-refractivity contribution is 5.72. The van der Waals surface area contributed by atoms with Crippen LogP contribution in [0.5, 0.6) is 0 Å². The second-order valence-electron chi connectivity index (χ2n) is 7.16. The number of nitrogens with zero attached hydrogens (tertiary/aromatic N) is 3. The van der Waals surface area contributed by atoms with Gasteiger partial charge < -0.3 is 19.2 Å². The molecule has 5 rings (SSSR count). The summed E-state index contributed by atoms with van der Waals surface area (Å²) in [5, 5.41) is 14.7. The summed E-state index contributed by atoms with van der Waals surface area (Å²) in [5.41, 5.74) is 3.82. The molecule has 0 radical (unpaired) electrons. The zero-order valence-electron chi connectivity index (χ0n) is 17.2. The van der Waals surface area contributed by atoms with Crippen molar-refractivity contribution in [2.75, 3.05) is 10.6 Å². The van der Waals surface area contributed by atoms with Crippen LogP contribution in [0.1, 0.15) is 18.4 Å². The first kappa shape index (κ1) is 19.6. The van der Waals surface area contributed by atoms with E-state index in [2.05, 4.69) is 31.9 Å². The van der Waals surface area contributed by atoms with Crippen LogP contribution in [-0.4, -0.2) is 15.2 Å². The molecule has 1 aromatic carbocycles. The van der Waals surface area contributed by atoms with Gasteiger partial charge in [-0.3, -0.25) is 10.3 Å². The number of para-hydroxylation sites is 1. The topological polar surface area (TPSA) is 94.3 Å². The Morgan fingerprint density at radius 2 is 2.00 bits per heavy atom. The van der Waals surface area contributed by atoms with Crippen LogP contribution in [0.4, 0.5) is 11.7 Å². The number of aromatic nitrogens is 3. The summed E-state index contributed by atoms with van der Waals surface area (Å²) < 4.78 is 17.2. The molecule has 2 aliphatic rings. The van der Waals surface area contributed by atoms with Crippen molar-refractivity contribution in [2.45, 2.75) is 19.4 Å². The van der Waals surface area contributed by atoms with E-state index in [-0.39, 0.29) is 6.01 Å². The van der Waals surface area contributed by atoms with Crippen molar-refractivity contribution in [1.29, 1.82) is 0 Å². The van der Waals surface area contributed by atoms with Crippen molar-refractivity contribution in [2.24, 2.45) is 0 Å². The number of hydrogen-bond acceptors (Lipinski definition) is 8. The van der Waals surface area contributed by atoms with Crippen molar-refractivity contribution in [1.82, 2.24) is 15.2 Å². The summed E-state index contributed by atoms with van der Waals surface area (Å²) in [6, 6.07) is 11.9. The van der Waals surface area contributed by atoms with Crippen LogP contribution >= 0.6 is 0 Å². The molecule has 0 saturated heterocycles. The number of benzene rings is 1. The van der Waals surface area contributed by atoms with Gasteiger partial charge in [0.2, 0.25) is 5.88 Å². The standard InChI is InChI=1S/C24H21N5O3/c1-2-8-18(9-3-1)21-15-30-16-22(31-21)27-24-29-28-23(32-24)19-10-4-5-11-20(19)26-14-17-7-6-12-25-13-17/h1-2,4-8,10-13,15-16,26H,3,9,14H2,(H,27,29). The third-order valence-corrected chi connectivity index (χ3v) is 4.92. The zero-order valence-corrected chi connectivity index (χ0v) is 17.2. The van der Waals surface area contributed by atoms with Gasteiger partial charge in [-0.25, -0.2) is 0 Å². The maximum Gasteiger partial charge on any atom is 0.322 e. The van der Waals surface area contributed by atoms with E-state index in [0.29, 0.717) is 24.1 Å². The molecule has 3 aromatic rings. The molecule has 0 saturated carbocycles. The Morgan fingerprint density at radius 3 is 2.88 bits per heavy atom. The van der Waals surface area contributed by atoms with Gasteiger partial charge in [0.05, 0.1) is 5.56 Å². The highest BCUT2D eigenvalue weighted by atomic mass is 16.6. The quantitative estimate of drug-likeness (QED) is 0.537. The maximum atomic E-state index is 5.89. The number of anilines is 2. The number of pyridine rings is 1. The molecule has 2 aromatic heterocycles. The highest BCUT2D eigenvalue weighted by Crippen LogP contribution is 2.30. The van der Waals surface area contributed by atoms with Gasteiger partial charge in [-0.1, -0.05) is 41.5 Å². The van der Waals surface area contributed by atoms with E-state index in [9.17, 15) is 0 Å². The summed E-state index contributed by atoms with van der Waals surface area (Å²) in [6.45, 7) is 0.627. The third kappa shape index (κ3) is 4.54. The number of rotatable bonds is 7. The van der Waals surface area contributed by atoms with Crippen molar-refractivity contribution in [3.63, 3.8) is 0 Å². The van der Waals surface area contributed by atoms with Crippen molar-refractivity contribution in [3.8, 4) is 11.5 Å². The molecule has 2 N–H and O–H groups in total. The van der Waals surface area contributed by atoms with Crippen LogP contribution in [-0.2, 0) is 16.0 Å². The number of ether oxygens (including phenoxy) is 2. The Bertz CT molecular complexity index is 1210. The van der Waals surface area contributed by atoms with E-state index in [1.807, 2.05) is 54.7 Å². The molecule has 1 aliphatic heterocycles. The maximum absolute atomic E-state index is 5.89. The molecular formula is C24H21N5O3. The van der Waals surface area contributed by atoms with Gasteiger partial charge in [0, 0.05) is 24.6 Å². The molecule has 3 heterocycles. The Hall–Kier alpha value is -4.33. The summed E-state index contributed by atoms with van der Waals surface area (Å²) in [6.07, 6.45) is 14.6. The zero-order chi connectivity index (χ0) is 21.6. The van der Waals surface area contributed by atoms with Gasteiger partial charge in [-0.15, -0.1) is 5.10 Å². The molecule has 1 aliphatic carbocycles. The molecule has 32 heavy (non-hydrogen) atoms. The largest absolute Gasteiger partial charge is 0.463 e. The number of allylic oxidation sites excluding steroid dienone is 4. The Labute approximate surface area is 185 Å². The molecule has 0 spiro atoms. The fourth-order valence-electron chi connectivity index (χ4n) is 3.34. The van der Waals surface area contributed by atoms with Crippen molar-refractivity contribution < 1.29 is 13.9 Å². The fraction of sp³-hybridized carbons (Fsp3) is 0.125. The molecule has 0 fully saturated rings. The van der Waals surface area contributed by atoms with Crippen LogP contribution in [0.25, 0.3) is 11.5 Å². The lowest BCUT2D eigenvalue weighted by Crippen LogP contribution is -2.10.